The van der Waals surface area contributed by atoms with Crippen LogP contribution < -0.4 is 11.1 Å². The number of carbonyl (C=O) groups excluding carboxylic acids is 1. The first-order valence-corrected chi connectivity index (χ1v) is 6.47. The van der Waals surface area contributed by atoms with Crippen molar-refractivity contribution in [2.75, 3.05) is 5.32 Å². The molecule has 5 heteroatoms. The number of hydrogen-bond acceptors (Lipinski definition) is 3. The highest BCUT2D eigenvalue weighted by atomic mass is 16.1. The summed E-state index contributed by atoms with van der Waals surface area (Å²) < 4.78 is 1.98. The number of primary amides is 1. The maximum atomic E-state index is 11.4. The molecule has 20 heavy (non-hydrogen) atoms. The Morgan fingerprint density at radius 3 is 2.65 bits per heavy atom. The fraction of sp³-hybridized carbons (Fsp3) is 0.333. The number of nitrogens with one attached hydrogen (secondary N) is 1. The van der Waals surface area contributed by atoms with Crippen molar-refractivity contribution >= 4 is 17.4 Å². The predicted molar refractivity (Wildman–Crippen MR) is 80.2 cm³/mol. The molecule has 2 aromatic heterocycles. The van der Waals surface area contributed by atoms with Gasteiger partial charge in [0.15, 0.2) is 5.69 Å². The number of rotatable bonds is 3. The molecule has 0 radical (unpaired) electrons. The molecule has 0 aliphatic heterocycles. The summed E-state index contributed by atoms with van der Waals surface area (Å²) in [6, 6.07) is 5.62. The number of amides is 1. The van der Waals surface area contributed by atoms with Crippen LogP contribution in [0.5, 0.6) is 0 Å². The Balaban J connectivity index is 2.36. The molecule has 2 rings (SSSR count). The van der Waals surface area contributed by atoms with E-state index in [2.05, 4.69) is 43.3 Å². The van der Waals surface area contributed by atoms with Crippen LogP contribution >= 0.6 is 0 Å². The Kier molecular flexibility index (Phi) is 3.53. The molecule has 0 aliphatic carbocycles. The largest absolute Gasteiger partial charge is 0.364 e. The van der Waals surface area contributed by atoms with Crippen LogP contribution in [0, 0.1) is 0 Å². The lowest BCUT2D eigenvalue weighted by Crippen LogP contribution is -2.15. The Morgan fingerprint density at radius 1 is 1.40 bits per heavy atom. The number of pyridine rings is 1. The van der Waals surface area contributed by atoms with E-state index in [-0.39, 0.29) is 11.1 Å². The third-order valence-corrected chi connectivity index (χ3v) is 3.17. The third-order valence-electron chi connectivity index (χ3n) is 3.17. The Labute approximate surface area is 118 Å². The van der Waals surface area contributed by atoms with Crippen molar-refractivity contribution in [2.45, 2.75) is 26.2 Å². The van der Waals surface area contributed by atoms with E-state index in [1.165, 1.54) is 5.56 Å². The SMILES string of the molecule is Cn1cc(C(C)(C)C)cc1Nc1cccnc1C(N)=O. The Bertz CT molecular complexity index is 638. The molecule has 0 bridgehead atoms. The van der Waals surface area contributed by atoms with Gasteiger partial charge in [0, 0.05) is 19.4 Å². The maximum Gasteiger partial charge on any atom is 0.269 e. The van der Waals surface area contributed by atoms with Crippen molar-refractivity contribution in [1.82, 2.24) is 9.55 Å². The number of aromatic nitrogens is 2. The molecule has 1 amide bonds. The molecule has 0 aromatic carbocycles. The predicted octanol–water partition coefficient (Wildman–Crippen LogP) is 2.56. The van der Waals surface area contributed by atoms with E-state index in [0.717, 1.165) is 5.82 Å². The molecule has 0 aliphatic rings. The van der Waals surface area contributed by atoms with Gasteiger partial charge in [-0.1, -0.05) is 20.8 Å². The third kappa shape index (κ3) is 2.82. The maximum absolute atomic E-state index is 11.4. The van der Waals surface area contributed by atoms with Crippen LogP contribution in [0.2, 0.25) is 0 Å². The van der Waals surface area contributed by atoms with E-state index in [1.807, 2.05) is 11.6 Å². The van der Waals surface area contributed by atoms with Gasteiger partial charge in [0.1, 0.15) is 5.82 Å². The number of nitrogens with two attached hydrogens (primary N) is 1. The summed E-state index contributed by atoms with van der Waals surface area (Å²) in [6.45, 7) is 6.47. The van der Waals surface area contributed by atoms with Crippen molar-refractivity contribution < 1.29 is 4.79 Å². The molecule has 0 fully saturated rings. The van der Waals surface area contributed by atoms with E-state index in [0.29, 0.717) is 5.69 Å². The van der Waals surface area contributed by atoms with Crippen LogP contribution in [0.4, 0.5) is 11.5 Å². The summed E-state index contributed by atoms with van der Waals surface area (Å²) in [5.74, 6) is 0.351. The van der Waals surface area contributed by atoms with Gasteiger partial charge in [0.05, 0.1) is 5.69 Å². The highest BCUT2D eigenvalue weighted by molar-refractivity contribution is 5.97. The van der Waals surface area contributed by atoms with E-state index < -0.39 is 5.91 Å². The molecular formula is C15H20N4O. The molecule has 0 spiro atoms. The Hall–Kier alpha value is -2.30. The Morgan fingerprint density at radius 2 is 2.10 bits per heavy atom. The number of aryl methyl sites for hydroxylation is 1. The molecule has 5 nitrogen and oxygen atoms in total. The van der Waals surface area contributed by atoms with Crippen molar-refractivity contribution in [2.24, 2.45) is 12.8 Å². The highest BCUT2D eigenvalue weighted by Crippen LogP contribution is 2.28. The van der Waals surface area contributed by atoms with Crippen molar-refractivity contribution in [1.29, 1.82) is 0 Å². The molecule has 0 saturated heterocycles. The summed E-state index contributed by atoms with van der Waals surface area (Å²) in [5, 5.41) is 3.21. The molecule has 106 valence electrons. The minimum absolute atomic E-state index is 0.0686. The van der Waals surface area contributed by atoms with Gasteiger partial charge in [-0.2, -0.15) is 0 Å². The minimum Gasteiger partial charge on any atom is -0.364 e. The standard InChI is InChI=1S/C15H20N4O/c1-15(2,3)10-8-12(19(4)9-10)18-11-6-5-7-17-13(11)14(16)20/h5-9,18H,1-4H3,(H2,16,20). The topological polar surface area (TPSA) is 72.9 Å². The molecule has 0 saturated carbocycles. The van der Waals surface area contributed by atoms with E-state index in [1.54, 1.807) is 18.3 Å². The monoisotopic (exact) mass is 272 g/mol. The number of carbonyl (C=O) groups is 1. The normalized spacial score (nSPS) is 11.4. The van der Waals surface area contributed by atoms with Crippen LogP contribution in [0.15, 0.2) is 30.6 Å². The summed E-state index contributed by atoms with van der Waals surface area (Å²) in [5.41, 5.74) is 7.47. The van der Waals surface area contributed by atoms with E-state index >= 15 is 0 Å². The minimum atomic E-state index is -0.543. The number of hydrogen-bond donors (Lipinski definition) is 2. The van der Waals surface area contributed by atoms with E-state index in [4.69, 9.17) is 5.73 Å². The van der Waals surface area contributed by atoms with Gasteiger partial charge in [0.2, 0.25) is 0 Å². The summed E-state index contributed by atoms with van der Waals surface area (Å²) >= 11 is 0. The fourth-order valence-corrected chi connectivity index (χ4v) is 1.94. The average Bonchev–Trinajstić information content (AvgIpc) is 2.71. The summed E-state index contributed by atoms with van der Waals surface area (Å²) in [6.07, 6.45) is 3.62. The molecule has 2 aromatic rings. The zero-order valence-electron chi connectivity index (χ0n) is 12.3. The van der Waals surface area contributed by atoms with Gasteiger partial charge in [-0.15, -0.1) is 0 Å². The molecule has 3 N–H and O–H groups in total. The van der Waals surface area contributed by atoms with Gasteiger partial charge in [-0.05, 0) is 29.2 Å². The molecule has 2 heterocycles. The van der Waals surface area contributed by atoms with Gasteiger partial charge >= 0.3 is 0 Å². The van der Waals surface area contributed by atoms with Crippen LogP contribution in [-0.4, -0.2) is 15.5 Å². The quantitative estimate of drug-likeness (QED) is 0.902. The first-order chi connectivity index (χ1) is 9.29. The summed E-state index contributed by atoms with van der Waals surface area (Å²) in [4.78, 5) is 15.4. The van der Waals surface area contributed by atoms with Crippen LogP contribution in [-0.2, 0) is 12.5 Å². The van der Waals surface area contributed by atoms with Crippen LogP contribution in [0.25, 0.3) is 0 Å². The molecule has 0 atom stereocenters. The van der Waals surface area contributed by atoms with Crippen molar-refractivity contribution in [3.05, 3.63) is 41.9 Å². The van der Waals surface area contributed by atoms with Gasteiger partial charge in [-0.25, -0.2) is 4.98 Å². The van der Waals surface area contributed by atoms with E-state index in [9.17, 15) is 4.79 Å². The van der Waals surface area contributed by atoms with Crippen molar-refractivity contribution in [3.63, 3.8) is 0 Å². The fourth-order valence-electron chi connectivity index (χ4n) is 1.94. The molecule has 0 unspecified atom stereocenters. The zero-order chi connectivity index (χ0) is 14.9. The summed E-state index contributed by atoms with van der Waals surface area (Å²) in [7, 11) is 1.96. The number of nitrogens with zero attached hydrogens (tertiary/aromatic N) is 2. The van der Waals surface area contributed by atoms with Gasteiger partial charge < -0.3 is 15.6 Å². The first kappa shape index (κ1) is 14.1. The second kappa shape index (κ2) is 5.00. The lowest BCUT2D eigenvalue weighted by atomic mass is 9.89. The lowest BCUT2D eigenvalue weighted by molar-refractivity contribution is 0.0996. The highest BCUT2D eigenvalue weighted by Gasteiger charge is 2.18. The average molecular weight is 272 g/mol. The molecular weight excluding hydrogens is 252 g/mol. The van der Waals surface area contributed by atoms with Crippen LogP contribution in [0.3, 0.4) is 0 Å². The first-order valence-electron chi connectivity index (χ1n) is 6.47. The second-order valence-corrected chi connectivity index (χ2v) is 5.86. The van der Waals surface area contributed by atoms with Crippen LogP contribution in [0.1, 0.15) is 36.8 Å². The van der Waals surface area contributed by atoms with Gasteiger partial charge in [0.25, 0.3) is 5.91 Å². The zero-order valence-corrected chi connectivity index (χ0v) is 12.3. The smallest absolute Gasteiger partial charge is 0.269 e. The number of anilines is 2. The van der Waals surface area contributed by atoms with Gasteiger partial charge in [-0.3, -0.25) is 4.79 Å². The second-order valence-electron chi connectivity index (χ2n) is 5.86. The lowest BCUT2D eigenvalue weighted by Gasteiger charge is -2.15. The van der Waals surface area contributed by atoms with Crippen molar-refractivity contribution in [3.8, 4) is 0 Å².